The quantitative estimate of drug-likeness (QED) is 0.490. The lowest BCUT2D eigenvalue weighted by molar-refractivity contribution is 0.0829. The first-order valence-electron chi connectivity index (χ1n) is 10.8. The molecule has 1 aliphatic carbocycles. The molecule has 0 aliphatic heterocycles. The van der Waals surface area contributed by atoms with Gasteiger partial charge in [0.05, 0.1) is 5.71 Å². The highest BCUT2D eigenvalue weighted by atomic mass is 35.5. The van der Waals surface area contributed by atoms with Crippen LogP contribution in [0.5, 0.6) is 0 Å². The SMILES string of the molecule is Cc1ccc(C(=O)N/N=C2\CCCc3oc(C(=O)NNC(=O)c4cccc(Cl)c4)c(C)c32)cc1. The van der Waals surface area contributed by atoms with Crippen LogP contribution in [-0.4, -0.2) is 23.4 Å². The zero-order valence-electron chi connectivity index (χ0n) is 18.7. The molecule has 0 spiro atoms. The van der Waals surface area contributed by atoms with Gasteiger partial charge in [-0.25, -0.2) is 5.43 Å². The number of carbonyl (C=O) groups excluding carboxylic acids is 3. The smallest absolute Gasteiger partial charge is 0.305 e. The number of carbonyl (C=O) groups is 3. The Morgan fingerprint density at radius 2 is 1.65 bits per heavy atom. The molecule has 174 valence electrons. The largest absolute Gasteiger partial charge is 0.455 e. The molecule has 1 aromatic heterocycles. The van der Waals surface area contributed by atoms with E-state index in [1.165, 1.54) is 6.07 Å². The van der Waals surface area contributed by atoms with Crippen LogP contribution in [0.2, 0.25) is 5.02 Å². The maximum Gasteiger partial charge on any atom is 0.305 e. The van der Waals surface area contributed by atoms with Crippen LogP contribution < -0.4 is 16.3 Å². The molecule has 0 fully saturated rings. The lowest BCUT2D eigenvalue weighted by Gasteiger charge is -2.13. The number of aryl methyl sites for hydroxylation is 2. The molecule has 2 aromatic carbocycles. The summed E-state index contributed by atoms with van der Waals surface area (Å²) in [6, 6.07) is 13.6. The third-order valence-corrected chi connectivity index (χ3v) is 5.75. The highest BCUT2D eigenvalue weighted by molar-refractivity contribution is 6.31. The van der Waals surface area contributed by atoms with Gasteiger partial charge in [0.25, 0.3) is 11.8 Å². The minimum Gasteiger partial charge on any atom is -0.455 e. The fourth-order valence-corrected chi connectivity index (χ4v) is 3.95. The van der Waals surface area contributed by atoms with E-state index < -0.39 is 11.8 Å². The molecule has 1 aliphatic rings. The number of halogens is 1. The number of hydrazine groups is 1. The zero-order valence-corrected chi connectivity index (χ0v) is 19.5. The summed E-state index contributed by atoms with van der Waals surface area (Å²) in [5.74, 6) is -0.715. The first-order chi connectivity index (χ1) is 16.3. The summed E-state index contributed by atoms with van der Waals surface area (Å²) < 4.78 is 5.81. The number of nitrogens with one attached hydrogen (secondary N) is 3. The van der Waals surface area contributed by atoms with Gasteiger partial charge in [0.15, 0.2) is 5.76 Å². The molecule has 0 atom stereocenters. The number of nitrogens with zero attached hydrogens (tertiary/aromatic N) is 1. The molecule has 0 unspecified atom stereocenters. The third kappa shape index (κ3) is 5.02. The fourth-order valence-electron chi connectivity index (χ4n) is 3.76. The van der Waals surface area contributed by atoms with Crippen LogP contribution in [-0.2, 0) is 6.42 Å². The van der Waals surface area contributed by atoms with E-state index in [2.05, 4.69) is 21.4 Å². The molecule has 3 N–H and O–H groups in total. The van der Waals surface area contributed by atoms with E-state index in [1.54, 1.807) is 37.3 Å². The number of furan rings is 1. The van der Waals surface area contributed by atoms with Crippen molar-refractivity contribution in [2.75, 3.05) is 0 Å². The third-order valence-electron chi connectivity index (χ3n) is 5.51. The second-order valence-electron chi connectivity index (χ2n) is 7.99. The average Bonchev–Trinajstić information content (AvgIpc) is 3.18. The molecule has 3 amide bonds. The van der Waals surface area contributed by atoms with Crippen molar-refractivity contribution in [2.24, 2.45) is 5.10 Å². The fraction of sp³-hybridized carbons (Fsp3) is 0.200. The number of fused-ring (bicyclic) bond motifs is 1. The predicted molar refractivity (Wildman–Crippen MR) is 128 cm³/mol. The number of hydrogen-bond donors (Lipinski definition) is 3. The molecule has 4 rings (SSSR count). The van der Waals surface area contributed by atoms with Gasteiger partial charge in [0.2, 0.25) is 0 Å². The summed E-state index contributed by atoms with van der Waals surface area (Å²) in [5, 5.41) is 4.73. The number of benzene rings is 2. The molecule has 0 saturated carbocycles. The van der Waals surface area contributed by atoms with Crippen LogP contribution in [0, 0.1) is 13.8 Å². The van der Waals surface area contributed by atoms with Gasteiger partial charge in [0, 0.05) is 33.7 Å². The van der Waals surface area contributed by atoms with E-state index in [0.29, 0.717) is 51.6 Å². The van der Waals surface area contributed by atoms with Crippen molar-refractivity contribution in [3.8, 4) is 0 Å². The summed E-state index contributed by atoms with van der Waals surface area (Å²) in [6.07, 6.45) is 2.04. The Balaban J connectivity index is 1.48. The van der Waals surface area contributed by atoms with Crippen LogP contribution in [0.3, 0.4) is 0 Å². The molecule has 3 aromatic rings. The minimum atomic E-state index is -0.592. The van der Waals surface area contributed by atoms with Crippen molar-refractivity contribution in [2.45, 2.75) is 33.1 Å². The first kappa shape index (κ1) is 23.3. The molecule has 9 heteroatoms. The van der Waals surface area contributed by atoms with Gasteiger partial charge < -0.3 is 4.42 Å². The Morgan fingerprint density at radius 1 is 0.912 bits per heavy atom. The summed E-state index contributed by atoms with van der Waals surface area (Å²) in [6.45, 7) is 3.70. The highest BCUT2D eigenvalue weighted by Gasteiger charge is 2.28. The van der Waals surface area contributed by atoms with Crippen LogP contribution >= 0.6 is 11.6 Å². The summed E-state index contributed by atoms with van der Waals surface area (Å²) >= 11 is 5.91. The average molecular weight is 479 g/mol. The van der Waals surface area contributed by atoms with Crippen LogP contribution in [0.4, 0.5) is 0 Å². The van der Waals surface area contributed by atoms with Crippen molar-refractivity contribution in [3.63, 3.8) is 0 Å². The Hall–Kier alpha value is -3.91. The van der Waals surface area contributed by atoms with E-state index in [1.807, 2.05) is 19.1 Å². The van der Waals surface area contributed by atoms with E-state index in [0.717, 1.165) is 12.0 Å². The number of rotatable bonds is 4. The van der Waals surface area contributed by atoms with Gasteiger partial charge in [-0.3, -0.25) is 25.2 Å². The van der Waals surface area contributed by atoms with Crippen molar-refractivity contribution in [3.05, 3.63) is 92.9 Å². The van der Waals surface area contributed by atoms with Crippen molar-refractivity contribution in [1.29, 1.82) is 0 Å². The van der Waals surface area contributed by atoms with Gasteiger partial charge in [-0.15, -0.1) is 0 Å². The normalized spacial score (nSPS) is 13.8. The van der Waals surface area contributed by atoms with Crippen molar-refractivity contribution >= 4 is 35.0 Å². The van der Waals surface area contributed by atoms with Gasteiger partial charge in [-0.1, -0.05) is 35.4 Å². The van der Waals surface area contributed by atoms with Gasteiger partial charge in [-0.2, -0.15) is 5.10 Å². The Morgan fingerprint density at radius 3 is 2.38 bits per heavy atom. The highest BCUT2D eigenvalue weighted by Crippen LogP contribution is 2.29. The summed E-state index contributed by atoms with van der Waals surface area (Å²) in [4.78, 5) is 37.4. The molecule has 8 nitrogen and oxygen atoms in total. The second-order valence-corrected chi connectivity index (χ2v) is 8.43. The van der Waals surface area contributed by atoms with Crippen molar-refractivity contribution in [1.82, 2.24) is 16.3 Å². The Bertz CT molecular complexity index is 1290. The maximum atomic E-state index is 12.7. The van der Waals surface area contributed by atoms with Crippen LogP contribution in [0.25, 0.3) is 0 Å². The Labute approximate surface area is 201 Å². The van der Waals surface area contributed by atoms with E-state index in [-0.39, 0.29) is 11.7 Å². The van der Waals surface area contributed by atoms with Gasteiger partial charge in [-0.05, 0) is 57.0 Å². The van der Waals surface area contributed by atoms with Gasteiger partial charge in [0.1, 0.15) is 5.76 Å². The van der Waals surface area contributed by atoms with Crippen LogP contribution in [0.1, 0.15) is 66.6 Å². The zero-order chi connectivity index (χ0) is 24.2. The first-order valence-corrected chi connectivity index (χ1v) is 11.1. The molecule has 0 radical (unpaired) electrons. The number of amides is 3. The van der Waals surface area contributed by atoms with E-state index >= 15 is 0 Å². The van der Waals surface area contributed by atoms with Crippen LogP contribution in [0.15, 0.2) is 58.0 Å². The molecule has 0 saturated heterocycles. The predicted octanol–water partition coefficient (Wildman–Crippen LogP) is 4.10. The van der Waals surface area contributed by atoms with E-state index in [4.69, 9.17) is 16.0 Å². The van der Waals surface area contributed by atoms with Gasteiger partial charge >= 0.3 is 5.91 Å². The minimum absolute atomic E-state index is 0.0795. The van der Waals surface area contributed by atoms with E-state index in [9.17, 15) is 14.4 Å². The molecular formula is C25H23ClN4O4. The second kappa shape index (κ2) is 9.93. The molecular weight excluding hydrogens is 456 g/mol. The topological polar surface area (TPSA) is 113 Å². The Kier molecular flexibility index (Phi) is 6.79. The maximum absolute atomic E-state index is 12.7. The number of hydrazone groups is 1. The lowest BCUT2D eigenvalue weighted by Crippen LogP contribution is -2.41. The monoisotopic (exact) mass is 478 g/mol. The summed E-state index contributed by atoms with van der Waals surface area (Å²) in [5.41, 5.74) is 11.1. The number of hydrogen-bond acceptors (Lipinski definition) is 5. The summed E-state index contributed by atoms with van der Waals surface area (Å²) in [7, 11) is 0. The van der Waals surface area contributed by atoms with Crippen molar-refractivity contribution < 1.29 is 18.8 Å². The lowest BCUT2D eigenvalue weighted by atomic mass is 9.93. The molecule has 1 heterocycles. The molecule has 0 bridgehead atoms. The molecule has 34 heavy (non-hydrogen) atoms. The standard InChI is InChI=1S/C25H23ClN4O4/c1-14-9-11-16(12-10-14)23(31)28-27-19-7-4-8-20-21(19)15(2)22(34-20)25(33)30-29-24(32)17-5-3-6-18(26)13-17/h3,5-6,9-13H,4,7-8H2,1-2H3,(H,28,31)(H,29,32)(H,30,33)/b27-19+.